The Bertz CT molecular complexity index is 641. The van der Waals surface area contributed by atoms with E-state index in [-0.39, 0.29) is 29.4 Å². The molecule has 3 rings (SSSR count). The lowest BCUT2D eigenvalue weighted by molar-refractivity contribution is -0.120. The zero-order valence-electron chi connectivity index (χ0n) is 11.3. The van der Waals surface area contributed by atoms with Crippen molar-refractivity contribution in [1.29, 1.82) is 0 Å². The van der Waals surface area contributed by atoms with E-state index in [1.54, 1.807) is 12.1 Å². The van der Waals surface area contributed by atoms with E-state index in [1.165, 1.54) is 12.1 Å². The summed E-state index contributed by atoms with van der Waals surface area (Å²) in [7, 11) is 0. The van der Waals surface area contributed by atoms with Crippen LogP contribution in [0.2, 0.25) is 0 Å². The highest BCUT2D eigenvalue weighted by atomic mass is 19.1. The van der Waals surface area contributed by atoms with Crippen molar-refractivity contribution in [1.82, 2.24) is 10.3 Å². The van der Waals surface area contributed by atoms with E-state index in [2.05, 4.69) is 20.3 Å². The van der Waals surface area contributed by atoms with Crippen molar-refractivity contribution in [2.45, 2.75) is 31.2 Å². The molecule has 1 saturated carbocycles. The number of nitrogens with two attached hydrogens (primary N) is 1. The molecule has 2 aromatic rings. The summed E-state index contributed by atoms with van der Waals surface area (Å²) in [6, 6.07) is 6.19. The molecule has 0 aliphatic heterocycles. The first-order valence-electron chi connectivity index (χ1n) is 6.73. The van der Waals surface area contributed by atoms with Crippen LogP contribution < -0.4 is 11.1 Å². The minimum absolute atomic E-state index is 0.0606. The van der Waals surface area contributed by atoms with Crippen molar-refractivity contribution < 1.29 is 13.8 Å². The summed E-state index contributed by atoms with van der Waals surface area (Å²) in [4.78, 5) is 11.9. The van der Waals surface area contributed by atoms with Crippen molar-refractivity contribution >= 4 is 17.4 Å². The number of carbonyl (C=O) groups is 1. The maximum atomic E-state index is 13.0. The van der Waals surface area contributed by atoms with Gasteiger partial charge in [-0.25, -0.2) is 9.02 Å². The lowest BCUT2D eigenvalue weighted by atomic mass is 9.80. The third-order valence-corrected chi connectivity index (χ3v) is 3.71. The summed E-state index contributed by atoms with van der Waals surface area (Å²) in [5, 5.41) is 10.2. The van der Waals surface area contributed by atoms with E-state index in [9.17, 15) is 9.18 Å². The molecule has 2 atom stereocenters. The topological polar surface area (TPSA) is 94.0 Å². The highest BCUT2D eigenvalue weighted by Crippen LogP contribution is 2.33. The first-order valence-corrected chi connectivity index (χ1v) is 6.73. The fraction of sp³-hybridized carbons (Fsp3) is 0.357. The highest BCUT2D eigenvalue weighted by molar-refractivity contribution is 5.81. The van der Waals surface area contributed by atoms with Crippen molar-refractivity contribution in [3.8, 4) is 0 Å². The first-order chi connectivity index (χ1) is 10.1. The van der Waals surface area contributed by atoms with Gasteiger partial charge in [0.2, 0.25) is 11.6 Å². The third-order valence-electron chi connectivity index (χ3n) is 3.71. The molecular formula is C14H15FN4O2. The molecule has 1 aliphatic rings. The molecule has 3 N–H and O–H groups in total. The van der Waals surface area contributed by atoms with Gasteiger partial charge in [0.25, 0.3) is 0 Å². The zero-order valence-corrected chi connectivity index (χ0v) is 11.3. The molecule has 21 heavy (non-hydrogen) atoms. The smallest absolute Gasteiger partial charge is 0.215 e. The number of rotatable bonds is 3. The Morgan fingerprint density at radius 2 is 2.00 bits per heavy atom. The maximum absolute atomic E-state index is 13.0. The number of Topliss-reactive ketones (excluding diaryl/α,β-unsaturated/α-hetero) is 1. The summed E-state index contributed by atoms with van der Waals surface area (Å²) in [6.07, 6.45) is 1.62. The van der Waals surface area contributed by atoms with Gasteiger partial charge in [-0.3, -0.25) is 4.79 Å². The van der Waals surface area contributed by atoms with E-state index >= 15 is 0 Å². The number of carbonyl (C=O) groups excluding carboxylic acids is 1. The number of anilines is 2. The highest BCUT2D eigenvalue weighted by Gasteiger charge is 2.29. The van der Waals surface area contributed by atoms with E-state index < -0.39 is 0 Å². The van der Waals surface area contributed by atoms with Gasteiger partial charge in [0.05, 0.1) is 0 Å². The quantitative estimate of drug-likeness (QED) is 0.899. The first kappa shape index (κ1) is 13.5. The van der Waals surface area contributed by atoms with Gasteiger partial charge in [0, 0.05) is 18.9 Å². The summed E-state index contributed by atoms with van der Waals surface area (Å²) < 4.78 is 17.5. The molecule has 0 unspecified atom stereocenters. The SMILES string of the molecule is Nc1nonc1N[C@@H]1CC(=O)C[C@H](c2ccc(F)cc2)C1. The minimum atomic E-state index is -0.281. The van der Waals surface area contributed by atoms with Gasteiger partial charge < -0.3 is 11.1 Å². The van der Waals surface area contributed by atoms with Gasteiger partial charge in [-0.15, -0.1) is 0 Å². The Morgan fingerprint density at radius 3 is 2.67 bits per heavy atom. The van der Waals surface area contributed by atoms with Gasteiger partial charge in [0.15, 0.2) is 0 Å². The largest absolute Gasteiger partial charge is 0.378 e. The molecule has 110 valence electrons. The maximum Gasteiger partial charge on any atom is 0.215 e. The fourth-order valence-corrected chi connectivity index (χ4v) is 2.73. The van der Waals surface area contributed by atoms with Crippen LogP contribution in [-0.2, 0) is 4.79 Å². The number of ketones is 1. The predicted molar refractivity (Wildman–Crippen MR) is 74.1 cm³/mol. The van der Waals surface area contributed by atoms with Crippen LogP contribution in [0.15, 0.2) is 28.9 Å². The third kappa shape index (κ3) is 3.01. The average molecular weight is 290 g/mol. The van der Waals surface area contributed by atoms with E-state index in [0.717, 1.165) is 12.0 Å². The lowest BCUT2D eigenvalue weighted by Gasteiger charge is -2.29. The molecule has 1 fully saturated rings. The normalized spacial score (nSPS) is 22.2. The summed E-state index contributed by atoms with van der Waals surface area (Å²) in [6.45, 7) is 0. The minimum Gasteiger partial charge on any atom is -0.378 e. The van der Waals surface area contributed by atoms with Gasteiger partial charge in [-0.1, -0.05) is 12.1 Å². The van der Waals surface area contributed by atoms with Crippen LogP contribution in [0.1, 0.15) is 30.7 Å². The molecule has 1 heterocycles. The standard InChI is InChI=1S/C14H15FN4O2/c15-10-3-1-8(2-4-10)9-5-11(7-12(20)6-9)17-14-13(16)18-21-19-14/h1-4,9,11H,5-7H2,(H2,16,18)(H,17,19)/t9-,11+/m1/s1. The van der Waals surface area contributed by atoms with Crippen LogP contribution in [0.4, 0.5) is 16.0 Å². The van der Waals surface area contributed by atoms with Crippen molar-refractivity contribution in [3.05, 3.63) is 35.6 Å². The molecule has 0 spiro atoms. The molecule has 0 radical (unpaired) electrons. The van der Waals surface area contributed by atoms with Gasteiger partial charge in [-0.05, 0) is 40.3 Å². The monoisotopic (exact) mass is 290 g/mol. The molecule has 0 amide bonds. The second-order valence-electron chi connectivity index (χ2n) is 5.27. The van der Waals surface area contributed by atoms with Crippen molar-refractivity contribution in [3.63, 3.8) is 0 Å². The Labute approximate surface area is 120 Å². The van der Waals surface area contributed by atoms with Crippen LogP contribution in [0.25, 0.3) is 0 Å². The lowest BCUT2D eigenvalue weighted by Crippen LogP contribution is -2.31. The number of halogens is 1. The summed E-state index contributed by atoms with van der Waals surface area (Å²) in [5.41, 5.74) is 6.56. The molecule has 6 nitrogen and oxygen atoms in total. The zero-order chi connectivity index (χ0) is 14.8. The fourth-order valence-electron chi connectivity index (χ4n) is 2.73. The van der Waals surface area contributed by atoms with Crippen LogP contribution in [0.5, 0.6) is 0 Å². The number of nitrogens with zero attached hydrogens (tertiary/aromatic N) is 2. The number of benzene rings is 1. The van der Waals surface area contributed by atoms with E-state index in [4.69, 9.17) is 5.73 Å². The molecule has 0 bridgehead atoms. The van der Waals surface area contributed by atoms with Crippen LogP contribution in [0, 0.1) is 5.82 Å². The van der Waals surface area contributed by atoms with Crippen molar-refractivity contribution in [2.75, 3.05) is 11.1 Å². The average Bonchev–Trinajstić information content (AvgIpc) is 2.84. The number of nitrogen functional groups attached to an aromatic ring is 1. The second-order valence-corrected chi connectivity index (χ2v) is 5.27. The van der Waals surface area contributed by atoms with E-state index in [0.29, 0.717) is 18.7 Å². The molecule has 7 heteroatoms. The Balaban J connectivity index is 1.74. The van der Waals surface area contributed by atoms with Gasteiger partial charge >= 0.3 is 0 Å². The molecule has 1 aromatic carbocycles. The van der Waals surface area contributed by atoms with Gasteiger partial charge in [-0.2, -0.15) is 0 Å². The number of aromatic nitrogens is 2. The second kappa shape index (κ2) is 5.51. The molecule has 1 aromatic heterocycles. The summed E-state index contributed by atoms with van der Waals surface area (Å²) in [5.74, 6) is 0.462. The predicted octanol–water partition coefficient (Wildman–Crippen LogP) is 2.11. The van der Waals surface area contributed by atoms with Crippen LogP contribution >= 0.6 is 0 Å². The van der Waals surface area contributed by atoms with E-state index in [1.807, 2.05) is 0 Å². The van der Waals surface area contributed by atoms with Crippen LogP contribution in [0.3, 0.4) is 0 Å². The molecule has 1 aliphatic carbocycles. The summed E-state index contributed by atoms with van der Waals surface area (Å²) >= 11 is 0. The number of hydrogen-bond acceptors (Lipinski definition) is 6. The number of nitrogens with one attached hydrogen (secondary N) is 1. The Kier molecular flexibility index (Phi) is 3.55. The van der Waals surface area contributed by atoms with Crippen molar-refractivity contribution in [2.24, 2.45) is 0 Å². The van der Waals surface area contributed by atoms with Crippen LogP contribution in [-0.4, -0.2) is 22.1 Å². The molecule has 0 saturated heterocycles. The number of hydrogen-bond donors (Lipinski definition) is 2. The van der Waals surface area contributed by atoms with Gasteiger partial charge in [0.1, 0.15) is 11.6 Å². The Morgan fingerprint density at radius 1 is 1.24 bits per heavy atom. The molecular weight excluding hydrogens is 275 g/mol. The Hall–Kier alpha value is -2.44.